The van der Waals surface area contributed by atoms with Crippen molar-refractivity contribution in [2.24, 2.45) is 0 Å². The number of hydrogen-bond acceptors (Lipinski definition) is 5. The Hall–Kier alpha value is -1.89. The maximum Gasteiger partial charge on any atom is 0.313 e. The average Bonchev–Trinajstić information content (AvgIpc) is 2.71. The van der Waals surface area contributed by atoms with E-state index in [1.54, 1.807) is 6.20 Å². The lowest BCUT2D eigenvalue weighted by Gasteiger charge is -2.07. The van der Waals surface area contributed by atoms with E-state index < -0.39 is 5.97 Å². The predicted octanol–water partition coefficient (Wildman–Crippen LogP) is 1.51. The zero-order chi connectivity index (χ0) is 13.8. The predicted molar refractivity (Wildman–Crippen MR) is 71.2 cm³/mol. The lowest BCUT2D eigenvalue weighted by atomic mass is 10.2. The van der Waals surface area contributed by atoms with Gasteiger partial charge in [0.2, 0.25) is 0 Å². The fourth-order valence-electron chi connectivity index (χ4n) is 1.55. The molecular formula is C12H14N4O2S. The molecule has 0 amide bonds. The fourth-order valence-corrected chi connectivity index (χ4v) is 2.25. The number of aryl methyl sites for hydroxylation is 2. The molecule has 19 heavy (non-hydrogen) atoms. The van der Waals surface area contributed by atoms with Gasteiger partial charge in [-0.1, -0.05) is 17.8 Å². The van der Waals surface area contributed by atoms with Crippen molar-refractivity contribution in [3.05, 3.63) is 35.4 Å². The zero-order valence-corrected chi connectivity index (χ0v) is 11.5. The molecule has 2 rings (SSSR count). The molecule has 0 bridgehead atoms. The molecule has 2 aromatic rings. The van der Waals surface area contributed by atoms with Crippen molar-refractivity contribution in [2.75, 3.05) is 5.75 Å². The topological polar surface area (TPSA) is 80.9 Å². The third-order valence-corrected chi connectivity index (χ3v) is 3.49. The van der Waals surface area contributed by atoms with Gasteiger partial charge in [0.15, 0.2) is 5.16 Å². The minimum absolute atomic E-state index is 0.0235. The van der Waals surface area contributed by atoms with Gasteiger partial charge in [-0.3, -0.25) is 9.78 Å². The fraction of sp³-hybridized carbons (Fsp3) is 0.333. The highest BCUT2D eigenvalue weighted by Crippen LogP contribution is 2.18. The van der Waals surface area contributed by atoms with Crippen molar-refractivity contribution < 1.29 is 9.90 Å². The Balaban J connectivity index is 2.16. The number of carboxylic acid groups (broad SMARTS) is 1. The Morgan fingerprint density at radius 3 is 2.79 bits per heavy atom. The zero-order valence-electron chi connectivity index (χ0n) is 10.7. The van der Waals surface area contributed by atoms with Crippen LogP contribution in [0, 0.1) is 13.8 Å². The highest BCUT2D eigenvalue weighted by atomic mass is 32.2. The molecule has 7 heteroatoms. The number of rotatable bonds is 5. The molecule has 0 spiro atoms. The summed E-state index contributed by atoms with van der Waals surface area (Å²) >= 11 is 1.17. The molecule has 100 valence electrons. The van der Waals surface area contributed by atoms with Crippen LogP contribution in [0.25, 0.3) is 0 Å². The minimum atomic E-state index is -0.866. The third-order valence-electron chi connectivity index (χ3n) is 2.54. The molecule has 0 fully saturated rings. The van der Waals surface area contributed by atoms with Crippen molar-refractivity contribution >= 4 is 17.7 Å². The van der Waals surface area contributed by atoms with Crippen molar-refractivity contribution in [1.82, 2.24) is 19.7 Å². The molecule has 0 radical (unpaired) electrons. The standard InChI is InChI=1S/C12H14N4O2S/c1-8-3-4-10(5-13-8)6-16-9(2)14-15-12(16)19-7-11(17)18/h3-5H,6-7H2,1-2H3,(H,17,18). The first kappa shape index (κ1) is 13.5. The maximum atomic E-state index is 10.6. The average molecular weight is 278 g/mol. The smallest absolute Gasteiger partial charge is 0.313 e. The first-order chi connectivity index (χ1) is 9.06. The second kappa shape index (κ2) is 5.83. The van der Waals surface area contributed by atoms with E-state index in [4.69, 9.17) is 5.11 Å². The molecule has 2 heterocycles. The third kappa shape index (κ3) is 3.54. The number of thioether (sulfide) groups is 1. The number of aliphatic carboxylic acids is 1. The maximum absolute atomic E-state index is 10.6. The van der Waals surface area contributed by atoms with Crippen LogP contribution in [-0.2, 0) is 11.3 Å². The number of nitrogens with zero attached hydrogens (tertiary/aromatic N) is 4. The Bertz CT molecular complexity index is 580. The first-order valence-electron chi connectivity index (χ1n) is 5.72. The molecule has 0 atom stereocenters. The van der Waals surface area contributed by atoms with E-state index in [9.17, 15) is 4.79 Å². The van der Waals surface area contributed by atoms with Crippen molar-refractivity contribution in [2.45, 2.75) is 25.5 Å². The van der Waals surface area contributed by atoms with Crippen LogP contribution in [0.4, 0.5) is 0 Å². The number of carboxylic acids is 1. The molecule has 0 saturated heterocycles. The van der Waals surface area contributed by atoms with E-state index in [-0.39, 0.29) is 5.75 Å². The Morgan fingerprint density at radius 1 is 1.37 bits per heavy atom. The van der Waals surface area contributed by atoms with Gasteiger partial charge in [-0.2, -0.15) is 0 Å². The molecule has 1 N–H and O–H groups in total. The number of hydrogen-bond donors (Lipinski definition) is 1. The van der Waals surface area contributed by atoms with Crippen molar-refractivity contribution in [3.63, 3.8) is 0 Å². The summed E-state index contributed by atoms with van der Waals surface area (Å²) in [5.74, 6) is -0.132. The molecule has 0 unspecified atom stereocenters. The van der Waals surface area contributed by atoms with Crippen LogP contribution in [0.2, 0.25) is 0 Å². The highest BCUT2D eigenvalue weighted by molar-refractivity contribution is 7.99. The van der Waals surface area contributed by atoms with Crippen molar-refractivity contribution in [1.29, 1.82) is 0 Å². The van der Waals surface area contributed by atoms with E-state index in [1.165, 1.54) is 11.8 Å². The summed E-state index contributed by atoms with van der Waals surface area (Å²) in [4.78, 5) is 14.8. The second-order valence-corrected chi connectivity index (χ2v) is 5.05. The summed E-state index contributed by atoms with van der Waals surface area (Å²) in [5, 5.41) is 17.3. The van der Waals surface area contributed by atoms with Gasteiger partial charge in [-0.05, 0) is 25.5 Å². The molecule has 0 saturated carbocycles. The van der Waals surface area contributed by atoms with Gasteiger partial charge < -0.3 is 9.67 Å². The van der Waals surface area contributed by atoms with E-state index >= 15 is 0 Å². The van der Waals surface area contributed by atoms with E-state index in [1.807, 2.05) is 30.5 Å². The summed E-state index contributed by atoms with van der Waals surface area (Å²) in [5.41, 5.74) is 2.00. The molecule has 2 aromatic heterocycles. The van der Waals surface area contributed by atoms with E-state index in [2.05, 4.69) is 15.2 Å². The van der Waals surface area contributed by atoms with Gasteiger partial charge in [-0.15, -0.1) is 10.2 Å². The van der Waals surface area contributed by atoms with Gasteiger partial charge in [0.05, 0.1) is 12.3 Å². The summed E-state index contributed by atoms with van der Waals surface area (Å²) in [6, 6.07) is 3.94. The summed E-state index contributed by atoms with van der Waals surface area (Å²) in [6.45, 7) is 4.37. The van der Waals surface area contributed by atoms with Crippen LogP contribution in [-0.4, -0.2) is 36.6 Å². The minimum Gasteiger partial charge on any atom is -0.481 e. The van der Waals surface area contributed by atoms with Crippen LogP contribution in [0.3, 0.4) is 0 Å². The quantitative estimate of drug-likeness (QED) is 0.835. The van der Waals surface area contributed by atoms with E-state index in [0.717, 1.165) is 17.1 Å². The van der Waals surface area contributed by atoms with Gasteiger partial charge >= 0.3 is 5.97 Å². The monoisotopic (exact) mass is 278 g/mol. The lowest BCUT2D eigenvalue weighted by Crippen LogP contribution is -2.06. The first-order valence-corrected chi connectivity index (χ1v) is 6.71. The van der Waals surface area contributed by atoms with E-state index in [0.29, 0.717) is 11.7 Å². The molecule has 0 aromatic carbocycles. The van der Waals surface area contributed by atoms with Gasteiger partial charge in [0, 0.05) is 11.9 Å². The van der Waals surface area contributed by atoms with Crippen molar-refractivity contribution in [3.8, 4) is 0 Å². The van der Waals surface area contributed by atoms with Crippen LogP contribution in [0.1, 0.15) is 17.1 Å². The summed E-state index contributed by atoms with van der Waals surface area (Å²) < 4.78 is 1.89. The van der Waals surface area contributed by atoms with Crippen LogP contribution < -0.4 is 0 Å². The molecule has 6 nitrogen and oxygen atoms in total. The SMILES string of the molecule is Cc1ccc(Cn2c(C)nnc2SCC(=O)O)cn1. The largest absolute Gasteiger partial charge is 0.481 e. The number of aromatic nitrogens is 4. The lowest BCUT2D eigenvalue weighted by molar-refractivity contribution is -0.133. The van der Waals surface area contributed by atoms with Gasteiger partial charge in [-0.25, -0.2) is 0 Å². The van der Waals surface area contributed by atoms with Crippen LogP contribution in [0.5, 0.6) is 0 Å². The van der Waals surface area contributed by atoms with Crippen LogP contribution >= 0.6 is 11.8 Å². The number of carbonyl (C=O) groups is 1. The molecule has 0 aliphatic rings. The van der Waals surface area contributed by atoms with Crippen LogP contribution in [0.15, 0.2) is 23.5 Å². The molecular weight excluding hydrogens is 264 g/mol. The molecule has 0 aliphatic heterocycles. The normalized spacial score (nSPS) is 10.6. The Labute approximate surface area is 114 Å². The summed E-state index contributed by atoms with van der Waals surface area (Å²) in [6.07, 6.45) is 1.81. The second-order valence-electron chi connectivity index (χ2n) is 4.11. The number of pyridine rings is 1. The molecule has 0 aliphatic carbocycles. The summed E-state index contributed by atoms with van der Waals surface area (Å²) in [7, 11) is 0. The van der Waals surface area contributed by atoms with Gasteiger partial charge in [0.1, 0.15) is 5.82 Å². The Kier molecular flexibility index (Phi) is 4.16. The highest BCUT2D eigenvalue weighted by Gasteiger charge is 2.11. The van der Waals surface area contributed by atoms with Gasteiger partial charge in [0.25, 0.3) is 0 Å². The Morgan fingerprint density at radius 2 is 2.16 bits per heavy atom.